The molecule has 0 radical (unpaired) electrons. The molecule has 0 aliphatic carbocycles. The van der Waals surface area contributed by atoms with Crippen LogP contribution in [0.5, 0.6) is 0 Å². The number of hydrogen-bond acceptors (Lipinski definition) is 5. The molecule has 0 spiro atoms. The van der Waals surface area contributed by atoms with E-state index in [1.54, 1.807) is 4.90 Å². The molecule has 1 aromatic heterocycles. The molecule has 29 heavy (non-hydrogen) atoms. The fourth-order valence-electron chi connectivity index (χ4n) is 3.63. The first-order chi connectivity index (χ1) is 13.9. The van der Waals surface area contributed by atoms with E-state index in [9.17, 15) is 4.79 Å². The molecular formula is C23H33N3O3. The highest BCUT2D eigenvalue weighted by Gasteiger charge is 2.36. The van der Waals surface area contributed by atoms with Gasteiger partial charge < -0.3 is 9.26 Å². The lowest BCUT2D eigenvalue weighted by Gasteiger charge is -2.26. The zero-order valence-electron chi connectivity index (χ0n) is 18.1. The maximum atomic E-state index is 12.5. The molecule has 1 aromatic carbocycles. The van der Waals surface area contributed by atoms with Crippen LogP contribution in [0.1, 0.15) is 83.7 Å². The normalized spacial score (nSPS) is 17.0. The molecule has 1 amide bonds. The highest BCUT2D eigenvalue weighted by molar-refractivity contribution is 5.69. The molecule has 3 rings (SSSR count). The van der Waals surface area contributed by atoms with E-state index in [1.165, 1.54) is 31.2 Å². The van der Waals surface area contributed by atoms with Gasteiger partial charge in [0.2, 0.25) is 11.7 Å². The number of ether oxygens (including phenoxy) is 1. The molecule has 0 N–H and O–H groups in total. The highest BCUT2D eigenvalue weighted by Crippen LogP contribution is 2.33. The third-order valence-electron chi connectivity index (χ3n) is 5.14. The van der Waals surface area contributed by atoms with Gasteiger partial charge in [0.05, 0.1) is 0 Å². The van der Waals surface area contributed by atoms with Gasteiger partial charge in [0, 0.05) is 12.1 Å². The topological polar surface area (TPSA) is 68.5 Å². The second-order valence-electron chi connectivity index (χ2n) is 8.80. The van der Waals surface area contributed by atoms with Gasteiger partial charge in [-0.3, -0.25) is 4.90 Å². The second-order valence-corrected chi connectivity index (χ2v) is 8.80. The zero-order chi connectivity index (χ0) is 20.9. The first-order valence-electron chi connectivity index (χ1n) is 10.8. The molecule has 2 heterocycles. The molecule has 1 aliphatic heterocycles. The molecule has 6 heteroatoms. The number of carbonyl (C=O) groups is 1. The first-order valence-corrected chi connectivity index (χ1v) is 10.8. The maximum Gasteiger partial charge on any atom is 0.410 e. The van der Waals surface area contributed by atoms with Crippen molar-refractivity contribution >= 4 is 6.09 Å². The Balaban J connectivity index is 1.64. The number of hydrogen-bond donors (Lipinski definition) is 0. The van der Waals surface area contributed by atoms with Crippen LogP contribution in [0.2, 0.25) is 0 Å². The molecule has 0 bridgehead atoms. The summed E-state index contributed by atoms with van der Waals surface area (Å²) in [5.74, 6) is 1.04. The summed E-state index contributed by atoms with van der Waals surface area (Å²) in [6, 6.07) is 8.15. The van der Waals surface area contributed by atoms with Gasteiger partial charge in [-0.2, -0.15) is 4.98 Å². The van der Waals surface area contributed by atoms with Crippen molar-refractivity contribution in [2.45, 2.75) is 84.3 Å². The summed E-state index contributed by atoms with van der Waals surface area (Å²) < 4.78 is 11.0. The predicted molar refractivity (Wildman–Crippen MR) is 112 cm³/mol. The van der Waals surface area contributed by atoms with Crippen molar-refractivity contribution in [3.05, 3.63) is 35.7 Å². The monoisotopic (exact) mass is 399 g/mol. The summed E-state index contributed by atoms with van der Waals surface area (Å²) in [6.07, 6.45) is 7.53. The van der Waals surface area contributed by atoms with E-state index < -0.39 is 5.60 Å². The van der Waals surface area contributed by atoms with E-state index in [-0.39, 0.29) is 12.1 Å². The fourth-order valence-corrected chi connectivity index (χ4v) is 3.63. The van der Waals surface area contributed by atoms with Crippen LogP contribution in [0.15, 0.2) is 28.8 Å². The zero-order valence-corrected chi connectivity index (χ0v) is 18.1. The molecule has 1 saturated heterocycles. The molecule has 158 valence electrons. The van der Waals surface area contributed by atoms with Crippen LogP contribution in [0.4, 0.5) is 4.79 Å². The van der Waals surface area contributed by atoms with Gasteiger partial charge in [0.15, 0.2) is 0 Å². The van der Waals surface area contributed by atoms with Crippen molar-refractivity contribution in [3.8, 4) is 11.4 Å². The first kappa shape index (κ1) is 21.3. The molecule has 1 atom stereocenters. The number of aromatic nitrogens is 2. The second kappa shape index (κ2) is 9.42. The molecule has 6 nitrogen and oxygen atoms in total. The minimum atomic E-state index is -0.525. The van der Waals surface area contributed by atoms with Crippen molar-refractivity contribution in [1.82, 2.24) is 15.0 Å². The summed E-state index contributed by atoms with van der Waals surface area (Å²) in [6.45, 7) is 8.48. The van der Waals surface area contributed by atoms with Crippen LogP contribution >= 0.6 is 0 Å². The van der Waals surface area contributed by atoms with Crippen molar-refractivity contribution in [1.29, 1.82) is 0 Å². The summed E-state index contributed by atoms with van der Waals surface area (Å²) in [5, 5.41) is 4.15. The van der Waals surface area contributed by atoms with Crippen LogP contribution < -0.4 is 0 Å². The molecule has 1 fully saturated rings. The number of unbranched alkanes of at least 4 members (excludes halogenated alkanes) is 3. The lowest BCUT2D eigenvalue weighted by atomic mass is 10.0. The van der Waals surface area contributed by atoms with Crippen LogP contribution in [0.25, 0.3) is 11.4 Å². The summed E-state index contributed by atoms with van der Waals surface area (Å²) in [7, 11) is 0. The SMILES string of the molecule is CCCCCCc1ccc(-c2noc(C3CCCN3C(=O)OC(C)(C)C)n2)cc1. The minimum absolute atomic E-state index is 0.219. The Bertz CT molecular complexity index is 792. The van der Waals surface area contributed by atoms with E-state index in [0.717, 1.165) is 24.8 Å². The van der Waals surface area contributed by atoms with Crippen molar-refractivity contribution in [2.24, 2.45) is 0 Å². The van der Waals surface area contributed by atoms with Crippen molar-refractivity contribution in [2.75, 3.05) is 6.54 Å². The van der Waals surface area contributed by atoms with Crippen LogP contribution in [0.3, 0.4) is 0 Å². The lowest BCUT2D eigenvalue weighted by molar-refractivity contribution is 0.0199. The van der Waals surface area contributed by atoms with E-state index in [4.69, 9.17) is 9.26 Å². The van der Waals surface area contributed by atoms with E-state index in [1.807, 2.05) is 32.9 Å². The highest BCUT2D eigenvalue weighted by atomic mass is 16.6. The number of rotatable bonds is 7. The Morgan fingerprint density at radius 2 is 1.97 bits per heavy atom. The standard InChI is InChI=1S/C23H33N3O3/c1-5-6-7-8-10-17-12-14-18(15-13-17)20-24-21(29-25-20)19-11-9-16-26(19)22(27)28-23(2,3)4/h12-15,19H,5-11,16H2,1-4H3. The summed E-state index contributed by atoms with van der Waals surface area (Å²) in [5.41, 5.74) is 1.74. The average molecular weight is 400 g/mol. The number of amides is 1. The van der Waals surface area contributed by atoms with Gasteiger partial charge in [-0.1, -0.05) is 55.6 Å². The van der Waals surface area contributed by atoms with Crippen molar-refractivity contribution < 1.29 is 14.1 Å². The Morgan fingerprint density at radius 1 is 1.21 bits per heavy atom. The van der Waals surface area contributed by atoms with Gasteiger partial charge in [0.25, 0.3) is 0 Å². The van der Waals surface area contributed by atoms with Crippen LogP contribution in [-0.4, -0.2) is 33.3 Å². The van der Waals surface area contributed by atoms with Crippen LogP contribution in [-0.2, 0) is 11.2 Å². The maximum absolute atomic E-state index is 12.5. The molecule has 1 aliphatic rings. The number of benzene rings is 1. The van der Waals surface area contributed by atoms with E-state index in [0.29, 0.717) is 18.3 Å². The number of carbonyl (C=O) groups excluding carboxylic acids is 1. The van der Waals surface area contributed by atoms with Gasteiger partial charge in [-0.05, 0) is 52.0 Å². The third-order valence-corrected chi connectivity index (χ3v) is 5.14. The van der Waals surface area contributed by atoms with Crippen LogP contribution in [0, 0.1) is 0 Å². The van der Waals surface area contributed by atoms with Gasteiger partial charge >= 0.3 is 6.09 Å². The summed E-state index contributed by atoms with van der Waals surface area (Å²) in [4.78, 5) is 18.8. The third kappa shape index (κ3) is 5.81. The van der Waals surface area contributed by atoms with Gasteiger partial charge in [-0.15, -0.1) is 0 Å². The molecule has 2 aromatic rings. The Labute approximate surface area is 173 Å². The number of nitrogens with zero attached hydrogens (tertiary/aromatic N) is 3. The Morgan fingerprint density at radius 3 is 2.66 bits per heavy atom. The Kier molecular flexibility index (Phi) is 6.93. The minimum Gasteiger partial charge on any atom is -0.444 e. The molecular weight excluding hydrogens is 366 g/mol. The number of aryl methyl sites for hydroxylation is 1. The molecule has 1 unspecified atom stereocenters. The Hall–Kier alpha value is -2.37. The smallest absolute Gasteiger partial charge is 0.410 e. The fraction of sp³-hybridized carbons (Fsp3) is 0.609. The van der Waals surface area contributed by atoms with E-state index >= 15 is 0 Å². The summed E-state index contributed by atoms with van der Waals surface area (Å²) >= 11 is 0. The number of likely N-dealkylation sites (tertiary alicyclic amines) is 1. The largest absolute Gasteiger partial charge is 0.444 e. The average Bonchev–Trinajstić information content (AvgIpc) is 3.33. The molecule has 0 saturated carbocycles. The van der Waals surface area contributed by atoms with Gasteiger partial charge in [-0.25, -0.2) is 4.79 Å². The lowest BCUT2D eigenvalue weighted by Crippen LogP contribution is -2.36. The quantitative estimate of drug-likeness (QED) is 0.540. The van der Waals surface area contributed by atoms with E-state index in [2.05, 4.69) is 29.2 Å². The van der Waals surface area contributed by atoms with Crippen molar-refractivity contribution in [3.63, 3.8) is 0 Å². The predicted octanol–water partition coefficient (Wildman–Crippen LogP) is 5.93. The van der Waals surface area contributed by atoms with Gasteiger partial charge in [0.1, 0.15) is 11.6 Å².